The molecule has 4 atom stereocenters. The molecule has 0 aliphatic carbocycles. The number of ether oxygens (including phenoxy) is 7. The zero-order valence-corrected chi connectivity index (χ0v) is 26.3. The predicted molar refractivity (Wildman–Crippen MR) is 165 cm³/mol. The Kier molecular flexibility index (Phi) is 10.3. The molecule has 3 aromatic rings. The highest BCUT2D eigenvalue weighted by Gasteiger charge is 2.50. The zero-order chi connectivity index (χ0) is 31.2. The number of hydrogen-bond donors (Lipinski definition) is 0. The second-order valence-corrected chi connectivity index (χ2v) is 12.4. The summed E-state index contributed by atoms with van der Waals surface area (Å²) in [4.78, 5) is 12.9. The van der Waals surface area contributed by atoms with Gasteiger partial charge in [-0.3, -0.25) is 4.79 Å². The molecule has 0 spiro atoms. The van der Waals surface area contributed by atoms with E-state index in [9.17, 15) is 4.79 Å². The van der Waals surface area contributed by atoms with Crippen LogP contribution >= 0.6 is 0 Å². The Morgan fingerprint density at radius 1 is 0.841 bits per heavy atom. The van der Waals surface area contributed by atoms with Crippen molar-refractivity contribution in [3.63, 3.8) is 0 Å². The second-order valence-electron chi connectivity index (χ2n) is 12.4. The van der Waals surface area contributed by atoms with Crippen molar-refractivity contribution >= 4 is 5.97 Å². The van der Waals surface area contributed by atoms with Crippen molar-refractivity contribution in [3.8, 4) is 11.5 Å². The largest absolute Gasteiger partial charge is 0.489 e. The minimum atomic E-state index is -0.806. The van der Waals surface area contributed by atoms with Crippen LogP contribution in [0.15, 0.2) is 78.9 Å². The van der Waals surface area contributed by atoms with Crippen molar-refractivity contribution in [3.05, 3.63) is 95.6 Å². The summed E-state index contributed by atoms with van der Waals surface area (Å²) in [6.45, 7) is 10.9. The molecule has 2 fully saturated rings. The Balaban J connectivity index is 1.18. The van der Waals surface area contributed by atoms with Crippen LogP contribution in [0.4, 0.5) is 0 Å². The first-order valence-electron chi connectivity index (χ1n) is 15.4. The van der Waals surface area contributed by atoms with E-state index in [0.717, 1.165) is 28.2 Å². The highest BCUT2D eigenvalue weighted by atomic mass is 16.8. The standard InChI is InChI=1S/C36H44O8/c1-25(16-19-33(37)40-23-31-34(44-36(4,5)43-31)32-24-41-35(2,3)42-32)29-18-17-28(38-21-26-12-8-6-9-13-26)20-30(29)39-22-27-14-10-7-11-15-27/h6-15,17-18,20,25,31-32,34H,16,19,21-24H2,1-5H3/t25?,31-,32+,34+/m0/s1. The third-order valence-corrected chi connectivity index (χ3v) is 7.81. The molecule has 2 heterocycles. The SMILES string of the molecule is CC(CCC(=O)OC[C@@H]1OC(C)(C)O[C@H]1[C@H]1COC(C)(C)O1)c1ccc(OCc2ccccc2)cc1OCc1ccccc1. The first-order chi connectivity index (χ1) is 21.1. The van der Waals surface area contributed by atoms with Gasteiger partial charge in [-0.05, 0) is 62.8 Å². The zero-order valence-electron chi connectivity index (χ0n) is 26.3. The maximum absolute atomic E-state index is 12.9. The molecule has 0 saturated carbocycles. The number of rotatable bonds is 13. The van der Waals surface area contributed by atoms with E-state index in [2.05, 4.69) is 6.92 Å². The number of hydrogen-bond acceptors (Lipinski definition) is 8. The van der Waals surface area contributed by atoms with Gasteiger partial charge in [0.25, 0.3) is 0 Å². The molecule has 236 valence electrons. The van der Waals surface area contributed by atoms with E-state index in [1.807, 2.05) is 107 Å². The Morgan fingerprint density at radius 3 is 2.14 bits per heavy atom. The lowest BCUT2D eigenvalue weighted by Gasteiger charge is -2.23. The van der Waals surface area contributed by atoms with Gasteiger partial charge in [-0.15, -0.1) is 0 Å². The fourth-order valence-corrected chi connectivity index (χ4v) is 5.53. The van der Waals surface area contributed by atoms with Crippen LogP contribution in [0.2, 0.25) is 0 Å². The molecule has 3 aromatic carbocycles. The molecular formula is C36H44O8. The average molecular weight is 605 g/mol. The molecule has 2 aliphatic heterocycles. The summed E-state index contributed by atoms with van der Waals surface area (Å²) >= 11 is 0. The van der Waals surface area contributed by atoms with Gasteiger partial charge in [0.05, 0.1) is 6.61 Å². The van der Waals surface area contributed by atoms with Crippen LogP contribution in [-0.4, -0.2) is 49.1 Å². The van der Waals surface area contributed by atoms with Gasteiger partial charge in [-0.1, -0.05) is 73.7 Å². The van der Waals surface area contributed by atoms with Crippen LogP contribution in [-0.2, 0) is 41.7 Å². The molecule has 5 rings (SSSR count). The Labute approximate surface area is 260 Å². The summed E-state index contributed by atoms with van der Waals surface area (Å²) in [5.41, 5.74) is 3.17. The predicted octanol–water partition coefficient (Wildman–Crippen LogP) is 6.94. The smallest absolute Gasteiger partial charge is 0.305 e. The molecule has 8 heteroatoms. The third kappa shape index (κ3) is 8.82. The molecule has 0 N–H and O–H groups in total. The van der Waals surface area contributed by atoms with E-state index in [0.29, 0.717) is 26.2 Å². The Bertz CT molecular complexity index is 1360. The van der Waals surface area contributed by atoms with Gasteiger partial charge in [-0.2, -0.15) is 0 Å². The summed E-state index contributed by atoms with van der Waals surface area (Å²) in [5, 5.41) is 0. The van der Waals surface area contributed by atoms with E-state index >= 15 is 0 Å². The van der Waals surface area contributed by atoms with Crippen LogP contribution in [0.3, 0.4) is 0 Å². The number of benzene rings is 3. The molecule has 1 unspecified atom stereocenters. The molecule has 0 aromatic heterocycles. The van der Waals surface area contributed by atoms with Crippen molar-refractivity contribution in [1.82, 2.24) is 0 Å². The van der Waals surface area contributed by atoms with E-state index < -0.39 is 23.8 Å². The lowest BCUT2D eigenvalue weighted by Crippen LogP contribution is -2.40. The number of carbonyl (C=O) groups is 1. The summed E-state index contributed by atoms with van der Waals surface area (Å²) in [6, 6.07) is 26.0. The van der Waals surface area contributed by atoms with E-state index in [4.69, 9.17) is 33.2 Å². The van der Waals surface area contributed by atoms with Crippen LogP contribution in [0, 0.1) is 0 Å². The minimum Gasteiger partial charge on any atom is -0.489 e. The van der Waals surface area contributed by atoms with Crippen molar-refractivity contribution in [1.29, 1.82) is 0 Å². The topological polar surface area (TPSA) is 81.7 Å². The van der Waals surface area contributed by atoms with Crippen molar-refractivity contribution in [2.24, 2.45) is 0 Å². The van der Waals surface area contributed by atoms with Gasteiger partial charge in [0.1, 0.15) is 49.6 Å². The monoisotopic (exact) mass is 604 g/mol. The highest BCUT2D eigenvalue weighted by molar-refractivity contribution is 5.69. The van der Waals surface area contributed by atoms with Crippen LogP contribution in [0.1, 0.15) is 70.1 Å². The summed E-state index contributed by atoms with van der Waals surface area (Å²) in [7, 11) is 0. The van der Waals surface area contributed by atoms with Gasteiger partial charge in [0.15, 0.2) is 11.6 Å². The lowest BCUT2D eigenvalue weighted by atomic mass is 9.95. The third-order valence-electron chi connectivity index (χ3n) is 7.81. The highest BCUT2D eigenvalue weighted by Crippen LogP contribution is 2.36. The van der Waals surface area contributed by atoms with Gasteiger partial charge < -0.3 is 33.2 Å². The second kappa shape index (κ2) is 14.1. The maximum Gasteiger partial charge on any atom is 0.305 e. The van der Waals surface area contributed by atoms with Crippen molar-refractivity contribution < 1.29 is 38.0 Å². The summed E-state index contributed by atoms with van der Waals surface area (Å²) in [5.74, 6) is -0.275. The van der Waals surface area contributed by atoms with Crippen molar-refractivity contribution in [2.75, 3.05) is 13.2 Å². The van der Waals surface area contributed by atoms with Crippen LogP contribution in [0.5, 0.6) is 11.5 Å². The molecule has 0 amide bonds. The van der Waals surface area contributed by atoms with Gasteiger partial charge in [0.2, 0.25) is 0 Å². The van der Waals surface area contributed by atoms with Gasteiger partial charge >= 0.3 is 5.97 Å². The first kappa shape index (κ1) is 32.0. The Morgan fingerprint density at radius 2 is 1.50 bits per heavy atom. The molecular weight excluding hydrogens is 560 g/mol. The van der Waals surface area contributed by atoms with Crippen LogP contribution < -0.4 is 9.47 Å². The van der Waals surface area contributed by atoms with E-state index in [-0.39, 0.29) is 31.0 Å². The molecule has 8 nitrogen and oxygen atoms in total. The van der Waals surface area contributed by atoms with E-state index in [1.165, 1.54) is 0 Å². The molecule has 2 aliphatic rings. The molecule has 2 saturated heterocycles. The summed E-state index contributed by atoms with van der Waals surface area (Å²) in [6.07, 6.45) is -0.302. The van der Waals surface area contributed by atoms with Crippen LogP contribution in [0.25, 0.3) is 0 Å². The molecule has 0 radical (unpaired) electrons. The van der Waals surface area contributed by atoms with Crippen molar-refractivity contribution in [2.45, 2.75) is 96.5 Å². The quantitative estimate of drug-likeness (QED) is 0.194. The number of carbonyl (C=O) groups excluding carboxylic acids is 1. The summed E-state index contributed by atoms with van der Waals surface area (Å²) < 4.78 is 42.0. The molecule has 44 heavy (non-hydrogen) atoms. The fraction of sp³-hybridized carbons (Fsp3) is 0.472. The minimum absolute atomic E-state index is 0.0421. The Hall–Kier alpha value is -3.43. The van der Waals surface area contributed by atoms with E-state index in [1.54, 1.807) is 0 Å². The lowest BCUT2D eigenvalue weighted by molar-refractivity contribution is -0.175. The van der Waals surface area contributed by atoms with Gasteiger partial charge in [0, 0.05) is 12.5 Å². The van der Waals surface area contributed by atoms with Gasteiger partial charge in [-0.25, -0.2) is 0 Å². The first-order valence-corrected chi connectivity index (χ1v) is 15.4. The fourth-order valence-electron chi connectivity index (χ4n) is 5.53. The normalized spacial score (nSPS) is 22.8. The maximum atomic E-state index is 12.9. The number of esters is 1. The molecule has 0 bridgehead atoms. The average Bonchev–Trinajstić information content (AvgIpc) is 3.54.